The smallest absolute Gasteiger partial charge is 0.135 e. The van der Waals surface area contributed by atoms with Crippen LogP contribution >= 0.6 is 11.3 Å². The minimum absolute atomic E-state index is 0.774. The number of nitrogens with zero attached hydrogens (tertiary/aromatic N) is 4. The number of aliphatic imine (C=N–C) groups is 1. The van der Waals surface area contributed by atoms with Crippen LogP contribution in [-0.2, 0) is 0 Å². The van der Waals surface area contributed by atoms with E-state index >= 15 is 0 Å². The SMILES string of the molecule is C=CN=C/C(=C\C)c1ccc2[nH]nc(-c3cc4c(-c5cccs5)cncc4[nH]3)c2n1. The molecule has 5 heterocycles. The molecule has 0 spiro atoms. The highest BCUT2D eigenvalue weighted by Gasteiger charge is 2.16. The standard InChI is InChI=1S/C23H18N6S/c1-3-14(11-24-4-2)17-7-8-18-22(27-17)23(29-28-18)19-10-15-16(21-6-5-9-30-21)12-25-13-20(15)26-19/h3-13,26H,2H2,1H3,(H,28,29)/b14-3+,24-11?. The number of hydrogen-bond donors (Lipinski definition) is 2. The molecule has 5 rings (SSSR count). The summed E-state index contributed by atoms with van der Waals surface area (Å²) in [6.45, 7) is 5.59. The van der Waals surface area contributed by atoms with Crippen molar-refractivity contribution in [3.63, 3.8) is 0 Å². The van der Waals surface area contributed by atoms with E-state index in [0.717, 1.165) is 50.2 Å². The summed E-state index contributed by atoms with van der Waals surface area (Å²) in [5.74, 6) is 0. The minimum Gasteiger partial charge on any atom is -0.352 e. The lowest BCUT2D eigenvalue weighted by molar-refractivity contribution is 1.12. The van der Waals surface area contributed by atoms with Crippen LogP contribution in [0.25, 0.3) is 49.3 Å². The zero-order valence-electron chi connectivity index (χ0n) is 16.3. The Morgan fingerprint density at radius 3 is 2.93 bits per heavy atom. The molecule has 0 radical (unpaired) electrons. The Balaban J connectivity index is 1.65. The third-order valence-electron chi connectivity index (χ3n) is 4.92. The zero-order chi connectivity index (χ0) is 20.5. The van der Waals surface area contributed by atoms with Crippen molar-refractivity contribution in [1.82, 2.24) is 25.1 Å². The molecule has 5 aromatic rings. The maximum Gasteiger partial charge on any atom is 0.135 e. The second-order valence-electron chi connectivity index (χ2n) is 6.68. The molecule has 0 aromatic carbocycles. The predicted octanol–water partition coefficient (Wildman–Crippen LogP) is 5.85. The molecule has 0 bridgehead atoms. The highest BCUT2D eigenvalue weighted by Crippen LogP contribution is 2.34. The average Bonchev–Trinajstić information content (AvgIpc) is 3.52. The van der Waals surface area contributed by atoms with E-state index in [0.29, 0.717) is 0 Å². The molecule has 0 saturated heterocycles. The van der Waals surface area contributed by atoms with Crippen LogP contribution in [0.5, 0.6) is 0 Å². The van der Waals surface area contributed by atoms with Crippen LogP contribution in [0.1, 0.15) is 12.6 Å². The molecule has 6 nitrogen and oxygen atoms in total. The first-order chi connectivity index (χ1) is 14.8. The zero-order valence-corrected chi connectivity index (χ0v) is 17.1. The second kappa shape index (κ2) is 7.53. The number of H-pyrrole nitrogens is 2. The van der Waals surface area contributed by atoms with E-state index in [9.17, 15) is 0 Å². The molecule has 0 fully saturated rings. The van der Waals surface area contributed by atoms with Gasteiger partial charge in [0.05, 0.1) is 28.6 Å². The lowest BCUT2D eigenvalue weighted by Crippen LogP contribution is -1.91. The summed E-state index contributed by atoms with van der Waals surface area (Å²) >= 11 is 1.70. The van der Waals surface area contributed by atoms with Gasteiger partial charge in [0.15, 0.2) is 0 Å². The van der Waals surface area contributed by atoms with Gasteiger partial charge in [-0.05, 0) is 36.6 Å². The van der Waals surface area contributed by atoms with Crippen LogP contribution in [0.15, 0.2) is 72.0 Å². The molecule has 0 atom stereocenters. The van der Waals surface area contributed by atoms with Crippen molar-refractivity contribution in [2.24, 2.45) is 4.99 Å². The van der Waals surface area contributed by atoms with Crippen molar-refractivity contribution in [3.05, 3.63) is 72.7 Å². The van der Waals surface area contributed by atoms with E-state index in [1.54, 1.807) is 17.6 Å². The van der Waals surface area contributed by atoms with Crippen LogP contribution in [-0.4, -0.2) is 31.4 Å². The van der Waals surface area contributed by atoms with Gasteiger partial charge < -0.3 is 4.98 Å². The topological polar surface area (TPSA) is 82.6 Å². The third-order valence-corrected chi connectivity index (χ3v) is 5.82. The van der Waals surface area contributed by atoms with E-state index in [1.165, 1.54) is 11.1 Å². The second-order valence-corrected chi connectivity index (χ2v) is 7.63. The van der Waals surface area contributed by atoms with Crippen molar-refractivity contribution in [2.45, 2.75) is 6.92 Å². The Labute approximate surface area is 176 Å². The normalized spacial score (nSPS) is 12.4. The number of allylic oxidation sites excluding steroid dienone is 2. The molecule has 0 aliphatic rings. The summed E-state index contributed by atoms with van der Waals surface area (Å²) in [7, 11) is 0. The van der Waals surface area contributed by atoms with Crippen molar-refractivity contribution in [2.75, 3.05) is 0 Å². The molecule has 5 aromatic heterocycles. The number of aromatic amines is 2. The first kappa shape index (κ1) is 18.2. The quantitative estimate of drug-likeness (QED) is 0.357. The summed E-state index contributed by atoms with van der Waals surface area (Å²) in [6, 6.07) is 10.2. The first-order valence-corrected chi connectivity index (χ1v) is 10.3. The molecule has 0 saturated carbocycles. The summed E-state index contributed by atoms with van der Waals surface area (Å²) in [5.41, 5.74) is 7.17. The molecule has 7 heteroatoms. The van der Waals surface area contributed by atoms with Gasteiger partial charge in [-0.15, -0.1) is 11.3 Å². The van der Waals surface area contributed by atoms with Gasteiger partial charge in [0.25, 0.3) is 0 Å². The van der Waals surface area contributed by atoms with Gasteiger partial charge in [0.2, 0.25) is 0 Å². The monoisotopic (exact) mass is 410 g/mol. The fourth-order valence-corrected chi connectivity index (χ4v) is 4.23. The molecule has 146 valence electrons. The molecular weight excluding hydrogens is 392 g/mol. The number of thiophene rings is 1. The van der Waals surface area contributed by atoms with Crippen LogP contribution in [0.4, 0.5) is 0 Å². The molecule has 2 N–H and O–H groups in total. The maximum atomic E-state index is 4.86. The van der Waals surface area contributed by atoms with Gasteiger partial charge in [-0.25, -0.2) is 4.98 Å². The number of nitrogens with one attached hydrogen (secondary N) is 2. The highest BCUT2D eigenvalue weighted by molar-refractivity contribution is 7.13. The van der Waals surface area contributed by atoms with Gasteiger partial charge in [0.1, 0.15) is 11.2 Å². The van der Waals surface area contributed by atoms with E-state index in [-0.39, 0.29) is 0 Å². The number of hydrogen-bond acceptors (Lipinski definition) is 5. The van der Waals surface area contributed by atoms with Crippen LogP contribution < -0.4 is 0 Å². The van der Waals surface area contributed by atoms with Crippen molar-refractivity contribution < 1.29 is 0 Å². The van der Waals surface area contributed by atoms with Crippen molar-refractivity contribution in [3.8, 4) is 21.8 Å². The summed E-state index contributed by atoms with van der Waals surface area (Å²) in [6.07, 6.45) is 8.98. The predicted molar refractivity (Wildman–Crippen MR) is 125 cm³/mol. The van der Waals surface area contributed by atoms with E-state index in [1.807, 2.05) is 43.6 Å². The number of fused-ring (bicyclic) bond motifs is 2. The largest absolute Gasteiger partial charge is 0.352 e. The third kappa shape index (κ3) is 3.05. The molecule has 0 unspecified atom stereocenters. The van der Waals surface area contributed by atoms with Gasteiger partial charge >= 0.3 is 0 Å². The Morgan fingerprint density at radius 2 is 2.13 bits per heavy atom. The minimum atomic E-state index is 0.774. The average molecular weight is 411 g/mol. The summed E-state index contributed by atoms with van der Waals surface area (Å²) in [5, 5.41) is 10.8. The van der Waals surface area contributed by atoms with Crippen LogP contribution in [0.2, 0.25) is 0 Å². The van der Waals surface area contributed by atoms with Crippen LogP contribution in [0, 0.1) is 0 Å². The molecule has 0 aliphatic carbocycles. The molecule has 0 aliphatic heterocycles. The van der Waals surface area contributed by atoms with E-state index in [4.69, 9.17) is 4.98 Å². The highest BCUT2D eigenvalue weighted by atomic mass is 32.1. The van der Waals surface area contributed by atoms with Gasteiger partial charge in [-0.1, -0.05) is 18.7 Å². The fraction of sp³-hybridized carbons (Fsp3) is 0.0435. The van der Waals surface area contributed by atoms with Crippen molar-refractivity contribution >= 4 is 45.1 Å². The van der Waals surface area contributed by atoms with Gasteiger partial charge in [0, 0.05) is 40.0 Å². The Hall–Kier alpha value is -3.84. The summed E-state index contributed by atoms with van der Waals surface area (Å²) in [4.78, 5) is 18.0. The lowest BCUT2D eigenvalue weighted by Gasteiger charge is -2.01. The van der Waals surface area contributed by atoms with Gasteiger partial charge in [-0.2, -0.15) is 5.10 Å². The number of rotatable bonds is 5. The molecule has 0 amide bonds. The fourth-order valence-electron chi connectivity index (χ4n) is 3.48. The van der Waals surface area contributed by atoms with E-state index in [2.05, 4.69) is 49.2 Å². The maximum absolute atomic E-state index is 4.86. The Morgan fingerprint density at radius 1 is 1.20 bits per heavy atom. The van der Waals surface area contributed by atoms with E-state index < -0.39 is 0 Å². The summed E-state index contributed by atoms with van der Waals surface area (Å²) < 4.78 is 0. The number of aromatic nitrogens is 5. The number of pyridine rings is 2. The molecule has 30 heavy (non-hydrogen) atoms. The Kier molecular flexibility index (Phi) is 4.57. The lowest BCUT2D eigenvalue weighted by atomic mass is 10.1. The van der Waals surface area contributed by atoms with Crippen molar-refractivity contribution in [1.29, 1.82) is 0 Å². The molecular formula is C23H18N6S. The van der Waals surface area contributed by atoms with Crippen LogP contribution in [0.3, 0.4) is 0 Å². The first-order valence-electron chi connectivity index (χ1n) is 9.45. The van der Waals surface area contributed by atoms with Gasteiger partial charge in [-0.3, -0.25) is 15.1 Å². The Bertz CT molecular complexity index is 1420.